The summed E-state index contributed by atoms with van der Waals surface area (Å²) in [5.74, 6) is 0. The predicted molar refractivity (Wildman–Crippen MR) is 98.6 cm³/mol. The van der Waals surface area contributed by atoms with E-state index in [1.54, 1.807) is 0 Å². The fourth-order valence-corrected chi connectivity index (χ4v) is 2.56. The Kier molecular flexibility index (Phi) is 9.58. The molecule has 0 amide bonds. The monoisotopic (exact) mass is 349 g/mol. The summed E-state index contributed by atoms with van der Waals surface area (Å²) in [6.45, 7) is 2.72. The van der Waals surface area contributed by atoms with Gasteiger partial charge in [0.15, 0.2) is 0 Å². The summed E-state index contributed by atoms with van der Waals surface area (Å²) in [5.41, 5.74) is 1.55. The van der Waals surface area contributed by atoms with Gasteiger partial charge >= 0.3 is 5.43 Å². The number of carbonyl (C=O) groups excluding carboxylic acids is 1. The van der Waals surface area contributed by atoms with Gasteiger partial charge in [0.25, 0.3) is 0 Å². The summed E-state index contributed by atoms with van der Waals surface area (Å²) in [6.07, 6.45) is 4.12. The van der Waals surface area contributed by atoms with Gasteiger partial charge in [-0.2, -0.15) is 0 Å². The number of hydrogen-bond donors (Lipinski definition) is 0. The molecular weight excluding hydrogens is 326 g/mol. The van der Waals surface area contributed by atoms with Gasteiger partial charge in [-0.25, -0.2) is 4.79 Å². The van der Waals surface area contributed by atoms with Crippen LogP contribution in [0, 0.1) is 0 Å². The maximum Gasteiger partial charge on any atom is 0.404 e. The molecule has 4 nitrogen and oxygen atoms in total. The lowest BCUT2D eigenvalue weighted by Gasteiger charge is -2.28. The van der Waals surface area contributed by atoms with Gasteiger partial charge in [0.1, 0.15) is 6.61 Å². The van der Waals surface area contributed by atoms with E-state index in [1.807, 2.05) is 30.3 Å². The third-order valence-corrected chi connectivity index (χ3v) is 3.78. The van der Waals surface area contributed by atoms with Crippen molar-refractivity contribution in [2.75, 3.05) is 18.0 Å². The number of halogens is 1. The zero-order valence-electron chi connectivity index (χ0n) is 13.7. The maximum atomic E-state index is 10.2. The van der Waals surface area contributed by atoms with Gasteiger partial charge in [0.05, 0.1) is 0 Å². The number of benzene rings is 2. The summed E-state index contributed by atoms with van der Waals surface area (Å²) in [4.78, 5) is 12.6. The number of nitrogens with zero attached hydrogens (tertiary/aromatic N) is 1. The van der Waals surface area contributed by atoms with Crippen LogP contribution in [0.4, 0.5) is 10.5 Å². The van der Waals surface area contributed by atoms with Crippen molar-refractivity contribution < 1.29 is 15.0 Å². The molecule has 2 aromatic rings. The molecule has 0 unspecified atom stereocenters. The van der Waals surface area contributed by atoms with Crippen LogP contribution in [0.15, 0.2) is 60.7 Å². The standard InChI is InChI=1S/C11H15N.C8H7ClO2.H2O/c1-3-7-11(8-4-1)12-9-5-2-6-10-12;9-8(10)11-6-7-4-2-1-3-5-7;/h1,3-4,7-8H,2,5-6,9-10H2;1-5H,6H2;1H2. The number of ether oxygens (including phenoxy) is 1. The first-order chi connectivity index (χ1) is 11.3. The highest BCUT2D eigenvalue weighted by Crippen LogP contribution is 2.18. The van der Waals surface area contributed by atoms with Crippen LogP contribution in [0.5, 0.6) is 0 Å². The molecule has 1 saturated heterocycles. The molecule has 2 N–H and O–H groups in total. The van der Waals surface area contributed by atoms with Crippen LogP contribution in [0.25, 0.3) is 0 Å². The number of rotatable bonds is 3. The van der Waals surface area contributed by atoms with Crippen molar-refractivity contribution in [2.24, 2.45) is 0 Å². The van der Waals surface area contributed by atoms with E-state index in [9.17, 15) is 4.79 Å². The predicted octanol–water partition coefficient (Wildman–Crippen LogP) is 4.41. The van der Waals surface area contributed by atoms with Gasteiger partial charge in [-0.15, -0.1) is 0 Å². The van der Waals surface area contributed by atoms with E-state index in [-0.39, 0.29) is 12.1 Å². The second kappa shape index (κ2) is 11.5. The molecule has 3 rings (SSSR count). The summed E-state index contributed by atoms with van der Waals surface area (Å²) in [7, 11) is 0. The average Bonchev–Trinajstić information content (AvgIpc) is 2.63. The van der Waals surface area contributed by atoms with Crippen LogP contribution < -0.4 is 4.90 Å². The molecule has 0 saturated carbocycles. The van der Waals surface area contributed by atoms with E-state index in [0.29, 0.717) is 0 Å². The summed E-state index contributed by atoms with van der Waals surface area (Å²) < 4.78 is 4.55. The van der Waals surface area contributed by atoms with Gasteiger partial charge in [0.2, 0.25) is 0 Å². The smallest absolute Gasteiger partial charge is 0.404 e. The third-order valence-electron chi connectivity index (χ3n) is 3.67. The molecule has 0 spiro atoms. The molecule has 0 aromatic heterocycles. The fraction of sp³-hybridized carbons (Fsp3) is 0.316. The van der Waals surface area contributed by atoms with E-state index in [2.05, 4.69) is 40.0 Å². The second-order valence-corrected chi connectivity index (χ2v) is 5.70. The molecule has 0 bridgehead atoms. The third kappa shape index (κ3) is 7.49. The first-order valence-corrected chi connectivity index (χ1v) is 8.29. The molecule has 2 aromatic carbocycles. The Morgan fingerprint density at radius 3 is 2.00 bits per heavy atom. The van der Waals surface area contributed by atoms with Gasteiger partial charge < -0.3 is 15.1 Å². The minimum Gasteiger partial charge on any atom is -0.449 e. The zero-order valence-corrected chi connectivity index (χ0v) is 14.4. The fourth-order valence-electron chi connectivity index (χ4n) is 2.51. The highest BCUT2D eigenvalue weighted by Gasteiger charge is 2.09. The number of piperidine rings is 1. The lowest BCUT2D eigenvalue weighted by atomic mass is 10.1. The Morgan fingerprint density at radius 2 is 1.46 bits per heavy atom. The minimum atomic E-state index is -0.770. The Morgan fingerprint density at radius 1 is 0.917 bits per heavy atom. The molecule has 1 aliphatic heterocycles. The summed E-state index contributed by atoms with van der Waals surface area (Å²) >= 11 is 4.97. The van der Waals surface area contributed by atoms with Crippen LogP contribution in [0.3, 0.4) is 0 Å². The first kappa shape index (κ1) is 20.0. The van der Waals surface area contributed by atoms with Crippen molar-refractivity contribution in [3.05, 3.63) is 66.2 Å². The van der Waals surface area contributed by atoms with Crippen molar-refractivity contribution in [2.45, 2.75) is 25.9 Å². The lowest BCUT2D eigenvalue weighted by molar-refractivity contribution is 0.167. The van der Waals surface area contributed by atoms with Crippen molar-refractivity contribution in [1.82, 2.24) is 0 Å². The highest BCUT2D eigenvalue weighted by atomic mass is 35.5. The number of anilines is 1. The molecule has 1 fully saturated rings. The Labute approximate surface area is 148 Å². The quantitative estimate of drug-likeness (QED) is 0.771. The van der Waals surface area contributed by atoms with Crippen molar-refractivity contribution in [1.29, 1.82) is 0 Å². The van der Waals surface area contributed by atoms with Gasteiger partial charge in [0, 0.05) is 30.4 Å². The molecule has 130 valence electrons. The second-order valence-electron chi connectivity index (χ2n) is 5.40. The van der Waals surface area contributed by atoms with Crippen LogP contribution in [-0.2, 0) is 11.3 Å². The van der Waals surface area contributed by atoms with Crippen LogP contribution in [0.1, 0.15) is 24.8 Å². The van der Waals surface area contributed by atoms with Crippen LogP contribution >= 0.6 is 11.6 Å². The van der Waals surface area contributed by atoms with Crippen molar-refractivity contribution >= 4 is 22.7 Å². The largest absolute Gasteiger partial charge is 0.449 e. The maximum absolute atomic E-state index is 10.2. The molecule has 5 heteroatoms. The lowest BCUT2D eigenvalue weighted by Crippen LogP contribution is -2.29. The van der Waals surface area contributed by atoms with E-state index < -0.39 is 5.43 Å². The topological polar surface area (TPSA) is 61.0 Å². The Hall–Kier alpha value is -2.04. The van der Waals surface area contributed by atoms with Crippen molar-refractivity contribution in [3.63, 3.8) is 0 Å². The summed E-state index contributed by atoms with van der Waals surface area (Å²) in [6, 6.07) is 20.1. The molecule has 24 heavy (non-hydrogen) atoms. The van der Waals surface area contributed by atoms with Crippen LogP contribution in [0.2, 0.25) is 0 Å². The van der Waals surface area contributed by atoms with Gasteiger partial charge in [-0.1, -0.05) is 48.5 Å². The van der Waals surface area contributed by atoms with E-state index >= 15 is 0 Å². The summed E-state index contributed by atoms with van der Waals surface area (Å²) in [5, 5.41) is 0. The molecule has 1 heterocycles. The van der Waals surface area contributed by atoms with Gasteiger partial charge in [-0.3, -0.25) is 0 Å². The number of hydrogen-bond acceptors (Lipinski definition) is 3. The molecule has 0 aliphatic carbocycles. The molecule has 1 aliphatic rings. The molecular formula is C19H24ClNO3. The SMILES string of the molecule is O.O=C(Cl)OCc1ccccc1.c1ccc(N2CCCCC2)cc1. The zero-order chi connectivity index (χ0) is 16.3. The van der Waals surface area contributed by atoms with E-state index in [1.165, 1.54) is 38.0 Å². The van der Waals surface area contributed by atoms with E-state index in [0.717, 1.165) is 5.56 Å². The Balaban J connectivity index is 0.000000232. The molecule has 0 atom stereocenters. The number of para-hydroxylation sites is 1. The van der Waals surface area contributed by atoms with Gasteiger partial charge in [-0.05, 0) is 37.0 Å². The Bertz CT molecular complexity index is 572. The minimum absolute atomic E-state index is 0. The number of carbonyl (C=O) groups is 1. The first-order valence-electron chi connectivity index (χ1n) is 7.92. The highest BCUT2D eigenvalue weighted by molar-refractivity contribution is 6.61. The normalized spacial score (nSPS) is 13.1. The van der Waals surface area contributed by atoms with Crippen LogP contribution in [-0.4, -0.2) is 24.0 Å². The average molecular weight is 350 g/mol. The van der Waals surface area contributed by atoms with Crippen molar-refractivity contribution in [3.8, 4) is 0 Å². The molecule has 0 radical (unpaired) electrons. The van der Waals surface area contributed by atoms with E-state index in [4.69, 9.17) is 11.6 Å².